The average molecular weight is 302 g/mol. The molecule has 1 unspecified atom stereocenters. The summed E-state index contributed by atoms with van der Waals surface area (Å²) in [6, 6.07) is 0. The first-order valence-corrected chi connectivity index (χ1v) is 8.75. The van der Waals surface area contributed by atoms with Crippen LogP contribution in [0.25, 0.3) is 0 Å². The topological polar surface area (TPSA) is 21.8 Å². The quantitative estimate of drug-likeness (QED) is 0.539. The summed E-state index contributed by atoms with van der Waals surface area (Å²) in [6.45, 7) is 12.6. The molecule has 0 aromatic heterocycles. The lowest BCUT2D eigenvalue weighted by atomic mass is 9.76. The maximum absolute atomic E-state index is 5.90. The van der Waals surface area contributed by atoms with Crippen molar-refractivity contribution in [1.29, 1.82) is 0 Å². The zero-order valence-electron chi connectivity index (χ0n) is 14.4. The van der Waals surface area contributed by atoms with Gasteiger partial charge in [-0.3, -0.25) is 0 Å². The Morgan fingerprint density at radius 3 is 2.82 bits per heavy atom. The minimum absolute atomic E-state index is 0.0767. The third-order valence-corrected chi connectivity index (χ3v) is 5.62. The molecule has 122 valence electrons. The Bertz CT molecular complexity index is 498. The molecule has 0 amide bonds. The number of epoxide rings is 1. The minimum Gasteiger partial charge on any atom is -0.376 e. The number of ether oxygens (including phenoxy) is 2. The van der Waals surface area contributed by atoms with E-state index in [0.29, 0.717) is 17.9 Å². The average Bonchev–Trinajstić information content (AvgIpc) is 3.07. The second-order valence-electron chi connectivity index (χ2n) is 7.74. The molecule has 0 bridgehead atoms. The third kappa shape index (κ3) is 3.55. The highest BCUT2D eigenvalue weighted by molar-refractivity contribution is 5.21. The number of hydrogen-bond donors (Lipinski definition) is 0. The van der Waals surface area contributed by atoms with Gasteiger partial charge in [-0.2, -0.15) is 0 Å². The molecule has 0 saturated carbocycles. The molecule has 3 rings (SSSR count). The van der Waals surface area contributed by atoms with Gasteiger partial charge < -0.3 is 9.47 Å². The van der Waals surface area contributed by atoms with Crippen LogP contribution in [-0.2, 0) is 9.47 Å². The smallest absolute Gasteiger partial charge is 0.0902 e. The van der Waals surface area contributed by atoms with Crippen LogP contribution in [0.3, 0.4) is 0 Å². The zero-order valence-corrected chi connectivity index (χ0v) is 14.4. The summed E-state index contributed by atoms with van der Waals surface area (Å²) in [5.41, 5.74) is 4.47. The Morgan fingerprint density at radius 2 is 2.09 bits per heavy atom. The first kappa shape index (κ1) is 16.0. The Balaban J connectivity index is 1.74. The van der Waals surface area contributed by atoms with Crippen LogP contribution in [0.4, 0.5) is 0 Å². The summed E-state index contributed by atoms with van der Waals surface area (Å²) in [4.78, 5) is 0. The Kier molecular flexibility index (Phi) is 4.61. The Morgan fingerprint density at radius 1 is 1.32 bits per heavy atom. The lowest BCUT2D eigenvalue weighted by molar-refractivity contribution is 0.0681. The van der Waals surface area contributed by atoms with E-state index in [1.54, 1.807) is 0 Å². The maximum Gasteiger partial charge on any atom is 0.0902 e. The van der Waals surface area contributed by atoms with Crippen LogP contribution in [0.5, 0.6) is 0 Å². The van der Waals surface area contributed by atoms with E-state index < -0.39 is 0 Å². The molecular weight excluding hydrogens is 272 g/mol. The van der Waals surface area contributed by atoms with Gasteiger partial charge in [0.1, 0.15) is 0 Å². The van der Waals surface area contributed by atoms with Crippen LogP contribution < -0.4 is 0 Å². The fourth-order valence-electron chi connectivity index (χ4n) is 3.88. The molecule has 2 heteroatoms. The van der Waals surface area contributed by atoms with Crippen LogP contribution in [-0.4, -0.2) is 24.9 Å². The fraction of sp³-hybridized carbons (Fsp3) is 0.700. The summed E-state index contributed by atoms with van der Waals surface area (Å²) in [5.74, 6) is 1.12. The molecule has 3 atom stereocenters. The Labute approximate surface area is 135 Å². The van der Waals surface area contributed by atoms with Gasteiger partial charge in [0, 0.05) is 5.92 Å². The van der Waals surface area contributed by atoms with Crippen molar-refractivity contribution in [3.05, 3.63) is 35.5 Å². The lowest BCUT2D eigenvalue weighted by Gasteiger charge is -2.35. The standard InChI is InChI=1S/C20H30O2/c1-14-6-5-7-15(2)18-13-21-12-16(17(18)10-8-14)9-11-19-20(3,4)22-19/h6,9,17-19H,2,5,7-8,10-13H2,1,3-4H3/b14-6+,16-9-/t17-,18+,19?/m1/s1. The number of hydrogen-bond acceptors (Lipinski definition) is 2. The summed E-state index contributed by atoms with van der Waals surface area (Å²) in [6.07, 6.45) is 10.9. The first-order valence-electron chi connectivity index (χ1n) is 8.75. The number of allylic oxidation sites excluding steroid dienone is 2. The number of rotatable bonds is 2. The summed E-state index contributed by atoms with van der Waals surface area (Å²) < 4.78 is 11.6. The SMILES string of the molecule is C=C1CC/C=C(\C)CC[C@@H]2/C(=C\CC3OC3(C)C)COC[C@@H]12. The lowest BCUT2D eigenvalue weighted by Crippen LogP contribution is -2.31. The van der Waals surface area contributed by atoms with E-state index >= 15 is 0 Å². The molecule has 2 saturated heterocycles. The normalized spacial score (nSPS) is 39.2. The molecule has 0 radical (unpaired) electrons. The summed E-state index contributed by atoms with van der Waals surface area (Å²) in [5, 5.41) is 0. The second kappa shape index (κ2) is 6.33. The van der Waals surface area contributed by atoms with E-state index in [4.69, 9.17) is 9.47 Å². The van der Waals surface area contributed by atoms with Gasteiger partial charge >= 0.3 is 0 Å². The van der Waals surface area contributed by atoms with Gasteiger partial charge in [-0.25, -0.2) is 0 Å². The van der Waals surface area contributed by atoms with Crippen molar-refractivity contribution in [3.63, 3.8) is 0 Å². The highest BCUT2D eigenvalue weighted by Crippen LogP contribution is 2.41. The van der Waals surface area contributed by atoms with Crippen molar-refractivity contribution in [2.45, 2.75) is 64.6 Å². The second-order valence-corrected chi connectivity index (χ2v) is 7.74. The van der Waals surface area contributed by atoms with E-state index in [1.807, 2.05) is 0 Å². The van der Waals surface area contributed by atoms with Gasteiger partial charge in [-0.15, -0.1) is 0 Å². The first-order chi connectivity index (χ1) is 10.5. The molecule has 3 aliphatic rings. The van der Waals surface area contributed by atoms with Crippen LogP contribution in [0.15, 0.2) is 35.5 Å². The monoisotopic (exact) mass is 302 g/mol. The van der Waals surface area contributed by atoms with Gasteiger partial charge in [0.2, 0.25) is 0 Å². The molecule has 0 aromatic rings. The van der Waals surface area contributed by atoms with Crippen LogP contribution >= 0.6 is 0 Å². The summed E-state index contributed by atoms with van der Waals surface area (Å²) >= 11 is 0. The largest absolute Gasteiger partial charge is 0.376 e. The molecule has 0 N–H and O–H groups in total. The molecular formula is C20H30O2. The molecule has 0 aromatic carbocycles. The van der Waals surface area contributed by atoms with Gasteiger partial charge in [0.15, 0.2) is 0 Å². The van der Waals surface area contributed by atoms with E-state index in [2.05, 4.69) is 39.5 Å². The van der Waals surface area contributed by atoms with Crippen molar-refractivity contribution in [3.8, 4) is 0 Å². The third-order valence-electron chi connectivity index (χ3n) is 5.62. The molecule has 22 heavy (non-hydrogen) atoms. The predicted molar refractivity (Wildman–Crippen MR) is 90.8 cm³/mol. The van der Waals surface area contributed by atoms with Crippen molar-refractivity contribution in [2.24, 2.45) is 11.8 Å². The van der Waals surface area contributed by atoms with Crippen LogP contribution in [0, 0.1) is 11.8 Å². The molecule has 2 nitrogen and oxygen atoms in total. The van der Waals surface area contributed by atoms with Crippen molar-refractivity contribution >= 4 is 0 Å². The summed E-state index contributed by atoms with van der Waals surface area (Å²) in [7, 11) is 0. The highest BCUT2D eigenvalue weighted by Gasteiger charge is 2.46. The molecule has 1 aliphatic carbocycles. The van der Waals surface area contributed by atoms with Gasteiger partial charge in [0.05, 0.1) is 24.9 Å². The zero-order chi connectivity index (χ0) is 15.7. The van der Waals surface area contributed by atoms with Crippen LogP contribution in [0.2, 0.25) is 0 Å². The number of fused-ring (bicyclic) bond motifs is 1. The van der Waals surface area contributed by atoms with Crippen molar-refractivity contribution < 1.29 is 9.47 Å². The van der Waals surface area contributed by atoms with E-state index in [1.165, 1.54) is 29.6 Å². The van der Waals surface area contributed by atoms with Gasteiger partial charge in [-0.1, -0.05) is 29.9 Å². The molecule has 2 fully saturated rings. The van der Waals surface area contributed by atoms with Crippen LogP contribution in [0.1, 0.15) is 52.9 Å². The maximum atomic E-state index is 5.90. The predicted octanol–water partition coefficient (Wildman–Crippen LogP) is 4.82. The van der Waals surface area contributed by atoms with E-state index in [9.17, 15) is 0 Å². The fourth-order valence-corrected chi connectivity index (χ4v) is 3.88. The Hall–Kier alpha value is -0.860. The molecule has 2 aliphatic heterocycles. The highest BCUT2D eigenvalue weighted by atomic mass is 16.6. The van der Waals surface area contributed by atoms with E-state index in [0.717, 1.165) is 32.5 Å². The van der Waals surface area contributed by atoms with Gasteiger partial charge in [0.25, 0.3) is 0 Å². The molecule has 0 spiro atoms. The van der Waals surface area contributed by atoms with Crippen molar-refractivity contribution in [1.82, 2.24) is 0 Å². The van der Waals surface area contributed by atoms with Gasteiger partial charge in [-0.05, 0) is 64.4 Å². The van der Waals surface area contributed by atoms with E-state index in [-0.39, 0.29) is 5.60 Å². The minimum atomic E-state index is 0.0767. The van der Waals surface area contributed by atoms with Crippen molar-refractivity contribution in [2.75, 3.05) is 13.2 Å². The molecule has 2 heterocycles.